The lowest BCUT2D eigenvalue weighted by Gasteiger charge is -2.23. The summed E-state index contributed by atoms with van der Waals surface area (Å²) >= 11 is 0. The first-order valence-electron chi connectivity index (χ1n) is 12.2. The van der Waals surface area contributed by atoms with Gasteiger partial charge in [-0.05, 0) is 24.8 Å². The van der Waals surface area contributed by atoms with E-state index >= 15 is 0 Å². The lowest BCUT2D eigenvalue weighted by Crippen LogP contribution is -2.51. The van der Waals surface area contributed by atoms with Gasteiger partial charge in [0.15, 0.2) is 0 Å². The molecule has 0 unspecified atom stereocenters. The van der Waals surface area contributed by atoms with Crippen molar-refractivity contribution in [3.05, 3.63) is 35.9 Å². The summed E-state index contributed by atoms with van der Waals surface area (Å²) in [6.45, 7) is 2.86. The van der Waals surface area contributed by atoms with Crippen LogP contribution in [-0.4, -0.2) is 35.4 Å². The number of benzene rings is 1. The molecule has 1 aliphatic heterocycles. The highest BCUT2D eigenvalue weighted by Crippen LogP contribution is 2.19. The Hall–Kier alpha value is -2.57. The highest BCUT2D eigenvalue weighted by molar-refractivity contribution is 5.88. The van der Waals surface area contributed by atoms with E-state index in [1.807, 2.05) is 30.3 Å². The van der Waals surface area contributed by atoms with Gasteiger partial charge in [0.25, 0.3) is 5.91 Å². The molecule has 1 atom stereocenters. The van der Waals surface area contributed by atoms with Gasteiger partial charge in [-0.3, -0.25) is 25.3 Å². The summed E-state index contributed by atoms with van der Waals surface area (Å²) in [6.07, 6.45) is 11.9. The van der Waals surface area contributed by atoms with E-state index in [1.54, 1.807) is 0 Å². The summed E-state index contributed by atoms with van der Waals surface area (Å²) in [5.74, 6) is -0.572. The largest absolute Gasteiger partial charge is 0.445 e. The predicted octanol–water partition coefficient (Wildman–Crippen LogP) is 4.86. The number of nitrogens with zero attached hydrogens (tertiary/aromatic N) is 1. The summed E-state index contributed by atoms with van der Waals surface area (Å²) in [5, 5.41) is 0. The number of nitrogens with one attached hydrogen (secondary N) is 2. The molecule has 0 saturated carbocycles. The third-order valence-corrected chi connectivity index (χ3v) is 5.83. The quantitative estimate of drug-likeness (QED) is 0.335. The normalized spacial score (nSPS) is 15.4. The number of likely N-dealkylation sites (tertiary alicyclic amines) is 1. The topological polar surface area (TPSA) is 87.7 Å². The first-order valence-corrected chi connectivity index (χ1v) is 12.2. The summed E-state index contributed by atoms with van der Waals surface area (Å²) in [7, 11) is 0. The van der Waals surface area contributed by atoms with E-state index in [9.17, 15) is 14.4 Å². The number of ether oxygens (including phenoxy) is 1. The molecule has 2 rings (SSSR count). The van der Waals surface area contributed by atoms with Crippen molar-refractivity contribution in [2.75, 3.05) is 6.54 Å². The van der Waals surface area contributed by atoms with Crippen LogP contribution in [0.4, 0.5) is 4.79 Å². The van der Waals surface area contributed by atoms with Crippen molar-refractivity contribution in [2.45, 2.75) is 96.6 Å². The van der Waals surface area contributed by atoms with Crippen LogP contribution in [0.1, 0.15) is 89.5 Å². The fourth-order valence-corrected chi connectivity index (χ4v) is 3.93. The van der Waals surface area contributed by atoms with Gasteiger partial charge in [0, 0.05) is 13.0 Å². The molecule has 7 heteroatoms. The van der Waals surface area contributed by atoms with Crippen molar-refractivity contribution in [3.63, 3.8) is 0 Å². The zero-order valence-electron chi connectivity index (χ0n) is 19.4. The molecule has 1 fully saturated rings. The van der Waals surface area contributed by atoms with E-state index in [-0.39, 0.29) is 18.4 Å². The summed E-state index contributed by atoms with van der Waals surface area (Å²) in [4.78, 5) is 38.3. The van der Waals surface area contributed by atoms with Crippen LogP contribution in [0.2, 0.25) is 0 Å². The SMILES string of the molecule is CCCCCCCCCCCC(=O)NNC(=O)[C@H]1CCCN1C(=O)OCc1ccccc1. The average molecular weight is 446 g/mol. The molecule has 2 N–H and O–H groups in total. The van der Waals surface area contributed by atoms with Gasteiger partial charge in [-0.1, -0.05) is 88.6 Å². The fourth-order valence-electron chi connectivity index (χ4n) is 3.93. The Morgan fingerprint density at radius 1 is 0.938 bits per heavy atom. The van der Waals surface area contributed by atoms with Gasteiger partial charge < -0.3 is 4.74 Å². The Kier molecular flexibility index (Phi) is 12.3. The Morgan fingerprint density at radius 2 is 1.59 bits per heavy atom. The van der Waals surface area contributed by atoms with E-state index in [0.29, 0.717) is 19.4 Å². The van der Waals surface area contributed by atoms with Crippen molar-refractivity contribution >= 4 is 17.9 Å². The Morgan fingerprint density at radius 3 is 2.28 bits per heavy atom. The molecule has 32 heavy (non-hydrogen) atoms. The van der Waals surface area contributed by atoms with E-state index in [1.165, 1.54) is 43.4 Å². The lowest BCUT2D eigenvalue weighted by molar-refractivity contribution is -0.131. The molecular formula is C25H39N3O4. The van der Waals surface area contributed by atoms with E-state index in [4.69, 9.17) is 4.74 Å². The maximum absolute atomic E-state index is 12.5. The number of hydrazine groups is 1. The molecule has 1 aliphatic rings. The zero-order valence-corrected chi connectivity index (χ0v) is 19.4. The van der Waals surface area contributed by atoms with Gasteiger partial charge in [-0.2, -0.15) is 0 Å². The molecule has 3 amide bonds. The van der Waals surface area contributed by atoms with Crippen LogP contribution >= 0.6 is 0 Å². The maximum atomic E-state index is 12.5. The van der Waals surface area contributed by atoms with E-state index in [2.05, 4.69) is 17.8 Å². The van der Waals surface area contributed by atoms with Gasteiger partial charge >= 0.3 is 6.09 Å². The van der Waals surface area contributed by atoms with Crippen LogP contribution in [0.5, 0.6) is 0 Å². The lowest BCUT2D eigenvalue weighted by atomic mass is 10.1. The van der Waals surface area contributed by atoms with Crippen molar-refractivity contribution in [3.8, 4) is 0 Å². The Balaban J connectivity index is 1.58. The Bertz CT molecular complexity index is 696. The molecule has 7 nitrogen and oxygen atoms in total. The van der Waals surface area contributed by atoms with Crippen molar-refractivity contribution in [1.29, 1.82) is 0 Å². The van der Waals surface area contributed by atoms with Crippen LogP contribution in [0.25, 0.3) is 0 Å². The van der Waals surface area contributed by atoms with Crippen molar-refractivity contribution < 1.29 is 19.1 Å². The van der Waals surface area contributed by atoms with Crippen LogP contribution in [0.3, 0.4) is 0 Å². The summed E-state index contributed by atoms with van der Waals surface area (Å²) in [6, 6.07) is 8.80. The number of amides is 3. The number of carbonyl (C=O) groups excluding carboxylic acids is 3. The smallest absolute Gasteiger partial charge is 0.410 e. The molecule has 1 saturated heterocycles. The number of hydrogen-bond acceptors (Lipinski definition) is 4. The van der Waals surface area contributed by atoms with Gasteiger partial charge in [0.05, 0.1) is 0 Å². The Labute approximate surface area is 192 Å². The third-order valence-electron chi connectivity index (χ3n) is 5.83. The second kappa shape index (κ2) is 15.3. The molecule has 1 heterocycles. The van der Waals surface area contributed by atoms with Gasteiger partial charge in [-0.25, -0.2) is 4.79 Å². The molecule has 0 radical (unpaired) electrons. The number of rotatable bonds is 13. The van der Waals surface area contributed by atoms with Gasteiger partial charge in [-0.15, -0.1) is 0 Å². The number of carbonyl (C=O) groups is 3. The van der Waals surface area contributed by atoms with Crippen LogP contribution in [0, 0.1) is 0 Å². The standard InChI is InChI=1S/C25H39N3O4/c1-2-3-4-5-6-7-8-9-13-18-23(29)26-27-24(30)22-17-14-19-28(22)25(31)32-20-21-15-11-10-12-16-21/h10-12,15-16,22H,2-9,13-14,17-20H2,1H3,(H,26,29)(H,27,30)/t22-/m1/s1. The molecule has 1 aromatic rings. The highest BCUT2D eigenvalue weighted by Gasteiger charge is 2.35. The summed E-state index contributed by atoms with van der Waals surface area (Å²) in [5.41, 5.74) is 5.85. The van der Waals surface area contributed by atoms with Gasteiger partial charge in [0.1, 0.15) is 12.6 Å². The first-order chi connectivity index (χ1) is 15.6. The van der Waals surface area contributed by atoms with Crippen LogP contribution in [0.15, 0.2) is 30.3 Å². The minimum atomic E-state index is -0.619. The molecule has 0 aliphatic carbocycles. The number of hydrogen-bond donors (Lipinski definition) is 2. The van der Waals surface area contributed by atoms with Crippen LogP contribution in [-0.2, 0) is 20.9 Å². The third kappa shape index (κ3) is 9.71. The molecule has 178 valence electrons. The fraction of sp³-hybridized carbons (Fsp3) is 0.640. The maximum Gasteiger partial charge on any atom is 0.410 e. The molecule has 0 aromatic heterocycles. The summed E-state index contributed by atoms with van der Waals surface area (Å²) < 4.78 is 5.35. The van der Waals surface area contributed by atoms with Gasteiger partial charge in [0.2, 0.25) is 5.91 Å². The number of unbranched alkanes of at least 4 members (excludes halogenated alkanes) is 8. The average Bonchev–Trinajstić information content (AvgIpc) is 3.31. The second-order valence-electron chi connectivity index (χ2n) is 8.51. The molecular weight excluding hydrogens is 406 g/mol. The molecule has 0 spiro atoms. The predicted molar refractivity (Wildman–Crippen MR) is 124 cm³/mol. The highest BCUT2D eigenvalue weighted by atomic mass is 16.6. The van der Waals surface area contributed by atoms with Crippen molar-refractivity contribution in [1.82, 2.24) is 15.8 Å². The second-order valence-corrected chi connectivity index (χ2v) is 8.51. The molecule has 0 bridgehead atoms. The molecule has 1 aromatic carbocycles. The minimum absolute atomic E-state index is 0.167. The van der Waals surface area contributed by atoms with E-state index < -0.39 is 12.1 Å². The van der Waals surface area contributed by atoms with Crippen LogP contribution < -0.4 is 10.9 Å². The van der Waals surface area contributed by atoms with E-state index in [0.717, 1.165) is 31.2 Å². The minimum Gasteiger partial charge on any atom is -0.445 e. The zero-order chi connectivity index (χ0) is 23.0. The van der Waals surface area contributed by atoms with Crippen molar-refractivity contribution in [2.24, 2.45) is 0 Å². The first kappa shape index (κ1) is 25.7. The monoisotopic (exact) mass is 445 g/mol.